The average molecular weight is 278 g/mol. The zero-order valence-corrected chi connectivity index (χ0v) is 10.6. The number of amides is 1. The first-order chi connectivity index (χ1) is 9.38. The molecular formula is C14H12F2N2O2. The number of aromatic hydroxyl groups is 1. The SMILES string of the molecule is Cc1cc(O)ccc1C(=O)Nc1c(N)cc(F)cc1F. The van der Waals surface area contributed by atoms with E-state index in [1.807, 2.05) is 0 Å². The highest BCUT2D eigenvalue weighted by atomic mass is 19.1. The highest BCUT2D eigenvalue weighted by molar-refractivity contribution is 6.06. The molecule has 0 aliphatic carbocycles. The number of hydrogen-bond donors (Lipinski definition) is 3. The third-order valence-electron chi connectivity index (χ3n) is 2.78. The van der Waals surface area contributed by atoms with Crippen molar-refractivity contribution in [1.29, 1.82) is 0 Å². The minimum Gasteiger partial charge on any atom is -0.508 e. The lowest BCUT2D eigenvalue weighted by molar-refractivity contribution is 0.102. The van der Waals surface area contributed by atoms with E-state index in [0.717, 1.165) is 6.07 Å². The maximum absolute atomic E-state index is 13.6. The fraction of sp³-hybridized carbons (Fsp3) is 0.0714. The highest BCUT2D eigenvalue weighted by Crippen LogP contribution is 2.25. The van der Waals surface area contributed by atoms with E-state index in [1.165, 1.54) is 18.2 Å². The first-order valence-electron chi connectivity index (χ1n) is 5.74. The first-order valence-corrected chi connectivity index (χ1v) is 5.74. The second-order valence-corrected chi connectivity index (χ2v) is 4.31. The van der Waals surface area contributed by atoms with Gasteiger partial charge >= 0.3 is 0 Å². The Kier molecular flexibility index (Phi) is 3.56. The molecule has 0 spiro atoms. The van der Waals surface area contributed by atoms with E-state index in [9.17, 15) is 18.7 Å². The van der Waals surface area contributed by atoms with Gasteiger partial charge in [0, 0.05) is 11.6 Å². The number of rotatable bonds is 2. The lowest BCUT2D eigenvalue weighted by atomic mass is 10.1. The van der Waals surface area contributed by atoms with E-state index < -0.39 is 17.5 Å². The molecule has 0 saturated carbocycles. The Morgan fingerprint density at radius 3 is 2.55 bits per heavy atom. The van der Waals surface area contributed by atoms with Gasteiger partial charge in [-0.25, -0.2) is 8.78 Å². The van der Waals surface area contributed by atoms with Crippen LogP contribution in [0.4, 0.5) is 20.2 Å². The molecule has 20 heavy (non-hydrogen) atoms. The van der Waals surface area contributed by atoms with Crippen LogP contribution in [-0.2, 0) is 0 Å². The molecule has 0 fully saturated rings. The fourth-order valence-corrected chi connectivity index (χ4v) is 1.81. The van der Waals surface area contributed by atoms with Crippen LogP contribution in [0.25, 0.3) is 0 Å². The summed E-state index contributed by atoms with van der Waals surface area (Å²) in [5.41, 5.74) is 5.77. The molecule has 0 heterocycles. The Labute approximate surface area is 113 Å². The zero-order valence-electron chi connectivity index (χ0n) is 10.6. The van der Waals surface area contributed by atoms with Crippen molar-refractivity contribution >= 4 is 17.3 Å². The largest absolute Gasteiger partial charge is 0.508 e. The van der Waals surface area contributed by atoms with Gasteiger partial charge < -0.3 is 16.2 Å². The molecular weight excluding hydrogens is 266 g/mol. The second-order valence-electron chi connectivity index (χ2n) is 4.31. The summed E-state index contributed by atoms with van der Waals surface area (Å²) in [6, 6.07) is 5.70. The van der Waals surface area contributed by atoms with Gasteiger partial charge in [0.2, 0.25) is 0 Å². The van der Waals surface area contributed by atoms with Crippen molar-refractivity contribution in [3.63, 3.8) is 0 Å². The van der Waals surface area contributed by atoms with Gasteiger partial charge in [0.05, 0.1) is 5.69 Å². The van der Waals surface area contributed by atoms with Crippen molar-refractivity contribution in [2.75, 3.05) is 11.1 Å². The van der Waals surface area contributed by atoms with Crippen molar-refractivity contribution in [1.82, 2.24) is 0 Å². The smallest absolute Gasteiger partial charge is 0.256 e. The van der Waals surface area contributed by atoms with Crippen LogP contribution in [0.15, 0.2) is 30.3 Å². The van der Waals surface area contributed by atoms with Crippen LogP contribution in [0.2, 0.25) is 0 Å². The number of phenols is 1. The molecule has 6 heteroatoms. The number of carbonyl (C=O) groups excluding carboxylic acids is 1. The number of anilines is 2. The Morgan fingerprint density at radius 1 is 1.25 bits per heavy atom. The van der Waals surface area contributed by atoms with Gasteiger partial charge in [-0.05, 0) is 36.8 Å². The van der Waals surface area contributed by atoms with E-state index in [4.69, 9.17) is 5.73 Å². The van der Waals surface area contributed by atoms with Gasteiger partial charge in [-0.15, -0.1) is 0 Å². The molecule has 4 N–H and O–H groups in total. The van der Waals surface area contributed by atoms with Crippen LogP contribution in [0.3, 0.4) is 0 Å². The molecule has 104 valence electrons. The molecule has 0 aliphatic rings. The topological polar surface area (TPSA) is 75.3 Å². The van der Waals surface area contributed by atoms with Crippen molar-refractivity contribution in [3.8, 4) is 5.75 Å². The lowest BCUT2D eigenvalue weighted by Crippen LogP contribution is -2.15. The van der Waals surface area contributed by atoms with Gasteiger partial charge in [-0.3, -0.25) is 4.79 Å². The molecule has 4 nitrogen and oxygen atoms in total. The van der Waals surface area contributed by atoms with Gasteiger partial charge in [0.25, 0.3) is 5.91 Å². The van der Waals surface area contributed by atoms with Gasteiger partial charge in [-0.2, -0.15) is 0 Å². The van der Waals surface area contributed by atoms with Crippen molar-refractivity contribution in [3.05, 3.63) is 53.1 Å². The van der Waals surface area contributed by atoms with E-state index in [2.05, 4.69) is 5.32 Å². The number of halogens is 2. The van der Waals surface area contributed by atoms with Crippen molar-refractivity contribution in [2.24, 2.45) is 0 Å². The number of carbonyl (C=O) groups is 1. The summed E-state index contributed by atoms with van der Waals surface area (Å²) in [6.45, 7) is 1.62. The predicted molar refractivity (Wildman–Crippen MR) is 71.6 cm³/mol. The third-order valence-corrected chi connectivity index (χ3v) is 2.78. The summed E-state index contributed by atoms with van der Waals surface area (Å²) in [5.74, 6) is -2.35. The molecule has 2 rings (SSSR count). The summed E-state index contributed by atoms with van der Waals surface area (Å²) < 4.78 is 26.5. The van der Waals surface area contributed by atoms with Gasteiger partial charge in [0.15, 0.2) is 5.82 Å². The lowest BCUT2D eigenvalue weighted by Gasteiger charge is -2.11. The van der Waals surface area contributed by atoms with Crippen molar-refractivity contribution in [2.45, 2.75) is 6.92 Å². The van der Waals surface area contributed by atoms with Crippen LogP contribution in [0, 0.1) is 18.6 Å². The molecule has 0 unspecified atom stereocenters. The number of aryl methyl sites for hydroxylation is 1. The Bertz CT molecular complexity index is 664. The van der Waals surface area contributed by atoms with Crippen LogP contribution in [0.1, 0.15) is 15.9 Å². The fourth-order valence-electron chi connectivity index (χ4n) is 1.81. The zero-order chi connectivity index (χ0) is 14.9. The number of phenolic OH excluding ortho intramolecular Hbond substituents is 1. The second kappa shape index (κ2) is 5.16. The monoisotopic (exact) mass is 278 g/mol. The third kappa shape index (κ3) is 2.69. The maximum Gasteiger partial charge on any atom is 0.256 e. The number of hydrogen-bond acceptors (Lipinski definition) is 3. The van der Waals surface area contributed by atoms with Gasteiger partial charge in [0.1, 0.15) is 17.3 Å². The molecule has 0 aliphatic heterocycles. The summed E-state index contributed by atoms with van der Waals surface area (Å²) in [6.07, 6.45) is 0. The summed E-state index contributed by atoms with van der Waals surface area (Å²) >= 11 is 0. The van der Waals surface area contributed by atoms with Crippen LogP contribution >= 0.6 is 0 Å². The van der Waals surface area contributed by atoms with E-state index >= 15 is 0 Å². The van der Waals surface area contributed by atoms with Crippen molar-refractivity contribution < 1.29 is 18.7 Å². The van der Waals surface area contributed by atoms with Crippen LogP contribution in [-0.4, -0.2) is 11.0 Å². The normalized spacial score (nSPS) is 10.3. The average Bonchev–Trinajstić information content (AvgIpc) is 2.33. The Morgan fingerprint density at radius 2 is 1.95 bits per heavy atom. The number of nitrogens with two attached hydrogens (primary N) is 1. The number of nitrogen functional groups attached to an aromatic ring is 1. The number of benzene rings is 2. The molecule has 0 radical (unpaired) electrons. The summed E-state index contributed by atoms with van der Waals surface area (Å²) in [5, 5.41) is 11.6. The molecule has 2 aromatic carbocycles. The molecule has 2 aromatic rings. The van der Waals surface area contributed by atoms with Crippen LogP contribution in [0.5, 0.6) is 5.75 Å². The standard InChI is InChI=1S/C14H12F2N2O2/c1-7-4-9(19)2-3-10(7)14(20)18-13-11(16)5-8(15)6-12(13)17/h2-6,19H,17H2,1H3,(H,18,20). The Balaban J connectivity index is 2.33. The van der Waals surface area contributed by atoms with Gasteiger partial charge in [-0.1, -0.05) is 0 Å². The number of nitrogens with one attached hydrogen (secondary N) is 1. The first kappa shape index (κ1) is 13.8. The maximum atomic E-state index is 13.6. The molecule has 0 bridgehead atoms. The minimum atomic E-state index is -0.952. The quantitative estimate of drug-likeness (QED) is 0.739. The van der Waals surface area contributed by atoms with E-state index in [-0.39, 0.29) is 22.7 Å². The minimum absolute atomic E-state index is 0.0199. The molecule has 0 aromatic heterocycles. The highest BCUT2D eigenvalue weighted by Gasteiger charge is 2.15. The Hall–Kier alpha value is -2.63. The van der Waals surface area contributed by atoms with E-state index in [0.29, 0.717) is 11.6 Å². The van der Waals surface area contributed by atoms with E-state index in [1.54, 1.807) is 6.92 Å². The molecule has 0 atom stereocenters. The molecule has 0 saturated heterocycles. The molecule has 1 amide bonds. The summed E-state index contributed by atoms with van der Waals surface area (Å²) in [7, 11) is 0. The predicted octanol–water partition coefficient (Wildman–Crippen LogP) is 2.81. The van der Waals surface area contributed by atoms with Crippen LogP contribution < -0.4 is 11.1 Å². The summed E-state index contributed by atoms with van der Waals surface area (Å²) in [4.78, 5) is 12.0.